The molecule has 0 aromatic carbocycles. The van der Waals surface area contributed by atoms with Crippen LogP contribution in [0.3, 0.4) is 0 Å². The van der Waals surface area contributed by atoms with E-state index in [0.717, 1.165) is 38.5 Å². The Labute approximate surface area is 319 Å². The van der Waals surface area contributed by atoms with Gasteiger partial charge >= 0.3 is 17.9 Å². The molecule has 4 aliphatic rings. The molecule has 0 aliphatic heterocycles. The number of allylic oxidation sites excluding steroid dienone is 3. The zero-order chi connectivity index (χ0) is 39.2. The topological polar surface area (TPSA) is 140 Å². The second kappa shape index (κ2) is 18.0. The molecule has 3 N–H and O–H groups in total. The largest absolute Gasteiger partial charge is 0.465 e. The molecule has 0 amide bonds. The fraction of sp³-hybridized carbons (Fsp3) is 0.795. The van der Waals surface area contributed by atoms with Crippen LogP contribution in [0.4, 0.5) is 0 Å². The average molecular weight is 743 g/mol. The molecule has 12 atom stereocenters. The summed E-state index contributed by atoms with van der Waals surface area (Å²) in [7, 11) is 0. The minimum atomic E-state index is -1.18. The van der Waals surface area contributed by atoms with Crippen LogP contribution in [0.5, 0.6) is 0 Å². The normalized spacial score (nSPS) is 39.1. The van der Waals surface area contributed by atoms with Crippen LogP contribution in [0, 0.1) is 51.2 Å². The molecule has 53 heavy (non-hydrogen) atoms. The molecule has 0 aromatic rings. The molecule has 0 heterocycles. The SMILES string of the molecule is C=CCCC(=O)OCC12C(CC(C)(C)C(O)[C@@H]1OC(=O)CCC=C)C[C@](C)(C1CCC3C(CCC(O)[C@]3(C)COC(=O)CCC=C)C1CCC)C[C@H]2O. The van der Waals surface area contributed by atoms with Gasteiger partial charge in [0.1, 0.15) is 12.7 Å². The summed E-state index contributed by atoms with van der Waals surface area (Å²) in [4.78, 5) is 38.7. The van der Waals surface area contributed by atoms with Gasteiger partial charge in [-0.25, -0.2) is 0 Å². The van der Waals surface area contributed by atoms with Gasteiger partial charge in [0.05, 0.1) is 30.3 Å². The summed E-state index contributed by atoms with van der Waals surface area (Å²) < 4.78 is 17.9. The van der Waals surface area contributed by atoms with E-state index in [4.69, 9.17) is 14.2 Å². The van der Waals surface area contributed by atoms with Crippen molar-refractivity contribution in [1.29, 1.82) is 0 Å². The Hall–Kier alpha value is -2.49. The monoisotopic (exact) mass is 743 g/mol. The smallest absolute Gasteiger partial charge is 0.306 e. The van der Waals surface area contributed by atoms with Crippen molar-refractivity contribution >= 4 is 17.9 Å². The highest BCUT2D eigenvalue weighted by Gasteiger charge is 2.68. The van der Waals surface area contributed by atoms with E-state index >= 15 is 0 Å². The third-order valence-corrected chi connectivity index (χ3v) is 14.4. The van der Waals surface area contributed by atoms with E-state index in [-0.39, 0.29) is 61.6 Å². The maximum absolute atomic E-state index is 13.2. The Morgan fingerprint density at radius 1 is 0.717 bits per heavy atom. The lowest BCUT2D eigenvalue weighted by Gasteiger charge is -2.65. The first kappa shape index (κ1) is 43.2. The van der Waals surface area contributed by atoms with E-state index < -0.39 is 52.6 Å². The molecule has 4 fully saturated rings. The molecule has 4 saturated carbocycles. The lowest BCUT2D eigenvalue weighted by Crippen LogP contribution is -2.69. The van der Waals surface area contributed by atoms with E-state index in [0.29, 0.717) is 50.4 Å². The van der Waals surface area contributed by atoms with Crippen LogP contribution in [0.1, 0.15) is 131 Å². The molecule has 0 bridgehead atoms. The molecule has 0 radical (unpaired) electrons. The van der Waals surface area contributed by atoms with Gasteiger partial charge in [0.25, 0.3) is 0 Å². The molecule has 0 aromatic heterocycles. The predicted octanol–water partition coefficient (Wildman–Crippen LogP) is 7.66. The number of carbonyl (C=O) groups excluding carboxylic acids is 3. The number of hydrogen-bond donors (Lipinski definition) is 3. The molecule has 300 valence electrons. The molecule has 9 nitrogen and oxygen atoms in total. The zero-order valence-corrected chi connectivity index (χ0v) is 33.4. The molecule has 0 saturated heterocycles. The third kappa shape index (κ3) is 8.99. The second-order valence-corrected chi connectivity index (χ2v) is 18.2. The molecular weight excluding hydrogens is 672 g/mol. The average Bonchev–Trinajstić information content (AvgIpc) is 3.11. The van der Waals surface area contributed by atoms with Crippen LogP contribution >= 0.6 is 0 Å². The number of ether oxygens (including phenoxy) is 3. The van der Waals surface area contributed by atoms with Gasteiger partial charge in [0, 0.05) is 24.7 Å². The molecule has 9 heteroatoms. The summed E-state index contributed by atoms with van der Waals surface area (Å²) >= 11 is 0. The first-order valence-electron chi connectivity index (χ1n) is 20.4. The van der Waals surface area contributed by atoms with Gasteiger partial charge in [-0.3, -0.25) is 14.4 Å². The van der Waals surface area contributed by atoms with Crippen molar-refractivity contribution in [2.75, 3.05) is 13.2 Å². The zero-order valence-electron chi connectivity index (χ0n) is 33.4. The fourth-order valence-electron chi connectivity index (χ4n) is 11.5. The number of aliphatic hydroxyl groups is 3. The van der Waals surface area contributed by atoms with Crippen molar-refractivity contribution in [3.8, 4) is 0 Å². The highest BCUT2D eigenvalue weighted by atomic mass is 16.6. The van der Waals surface area contributed by atoms with Gasteiger partial charge in [-0.15, -0.1) is 19.7 Å². The summed E-state index contributed by atoms with van der Waals surface area (Å²) in [6.07, 6.45) is 10.4. The van der Waals surface area contributed by atoms with Crippen molar-refractivity contribution in [2.45, 2.75) is 155 Å². The van der Waals surface area contributed by atoms with Gasteiger partial charge in [-0.05, 0) is 105 Å². The van der Waals surface area contributed by atoms with Gasteiger partial charge in [0.2, 0.25) is 0 Å². The van der Waals surface area contributed by atoms with E-state index in [9.17, 15) is 29.7 Å². The minimum Gasteiger partial charge on any atom is -0.465 e. The minimum absolute atomic E-state index is 0.103. The van der Waals surface area contributed by atoms with Crippen LogP contribution in [-0.2, 0) is 28.6 Å². The van der Waals surface area contributed by atoms with Crippen molar-refractivity contribution in [1.82, 2.24) is 0 Å². The number of hydrogen-bond acceptors (Lipinski definition) is 9. The van der Waals surface area contributed by atoms with E-state index in [1.165, 1.54) is 0 Å². The van der Waals surface area contributed by atoms with Crippen molar-refractivity contribution < 1.29 is 43.9 Å². The third-order valence-electron chi connectivity index (χ3n) is 14.4. The van der Waals surface area contributed by atoms with Crippen LogP contribution in [-0.4, -0.2) is 70.9 Å². The fourth-order valence-corrected chi connectivity index (χ4v) is 11.5. The van der Waals surface area contributed by atoms with Gasteiger partial charge in [0.15, 0.2) is 0 Å². The summed E-state index contributed by atoms with van der Waals surface area (Å²) in [6, 6.07) is 0. The first-order chi connectivity index (χ1) is 25.0. The Morgan fingerprint density at radius 3 is 1.87 bits per heavy atom. The number of aliphatic hydroxyl groups excluding tert-OH is 3. The Morgan fingerprint density at radius 2 is 1.28 bits per heavy atom. The number of fused-ring (bicyclic) bond motifs is 2. The lowest BCUT2D eigenvalue weighted by atomic mass is 9.42. The van der Waals surface area contributed by atoms with Gasteiger partial charge < -0.3 is 29.5 Å². The van der Waals surface area contributed by atoms with E-state index in [1.54, 1.807) is 18.2 Å². The predicted molar refractivity (Wildman–Crippen MR) is 205 cm³/mol. The summed E-state index contributed by atoms with van der Waals surface area (Å²) in [5, 5.41) is 35.9. The first-order valence-corrected chi connectivity index (χ1v) is 20.4. The van der Waals surface area contributed by atoms with Crippen LogP contribution < -0.4 is 0 Å². The summed E-state index contributed by atoms with van der Waals surface area (Å²) in [6.45, 7) is 21.8. The van der Waals surface area contributed by atoms with Crippen molar-refractivity contribution in [2.24, 2.45) is 51.2 Å². The Balaban J connectivity index is 1.68. The van der Waals surface area contributed by atoms with Crippen LogP contribution in [0.25, 0.3) is 0 Å². The Kier molecular flexibility index (Phi) is 14.7. The lowest BCUT2D eigenvalue weighted by molar-refractivity contribution is -0.268. The molecule has 0 spiro atoms. The molecule has 4 aliphatic carbocycles. The molecule has 8 unspecified atom stereocenters. The van der Waals surface area contributed by atoms with E-state index in [2.05, 4.69) is 40.5 Å². The maximum Gasteiger partial charge on any atom is 0.306 e. The molecule has 4 rings (SSSR count). The van der Waals surface area contributed by atoms with Gasteiger partial charge in [-0.2, -0.15) is 0 Å². The van der Waals surface area contributed by atoms with Crippen LogP contribution in [0.2, 0.25) is 0 Å². The maximum atomic E-state index is 13.2. The second-order valence-electron chi connectivity index (χ2n) is 18.2. The number of esters is 3. The Bertz CT molecular complexity index is 1310. The van der Waals surface area contributed by atoms with Gasteiger partial charge in [-0.1, -0.05) is 65.7 Å². The number of rotatable bonds is 17. The highest BCUT2D eigenvalue weighted by Crippen LogP contribution is 2.66. The highest BCUT2D eigenvalue weighted by molar-refractivity contribution is 5.70. The van der Waals surface area contributed by atoms with E-state index in [1.807, 2.05) is 13.8 Å². The quantitative estimate of drug-likeness (QED) is 0.0779. The van der Waals surface area contributed by atoms with Crippen molar-refractivity contribution in [3.05, 3.63) is 38.0 Å². The van der Waals surface area contributed by atoms with Crippen molar-refractivity contribution in [3.63, 3.8) is 0 Å². The molecular formula is C44H70O9. The standard InChI is InChI=1S/C44H70O9/c1-9-13-17-36(47)51-27-43(8)33-22-21-32(30(16-12-4)31(33)20-23-34(43)45)42(7)25-29-24-41(5,6)39(50)40(53-38(49)19-15-11-3)44(29,35(46)26-42)28-52-37(48)18-14-10-2/h9-11,29-35,39-40,45-46,50H,1-3,12-28H2,4-8H3/t29?,30?,31?,32?,33?,34?,35-,39?,40+,42+,43-,44?/m1/s1. The summed E-state index contributed by atoms with van der Waals surface area (Å²) in [5.41, 5.74) is -2.64. The number of carbonyl (C=O) groups is 3. The summed E-state index contributed by atoms with van der Waals surface area (Å²) in [5.74, 6) is -0.189. The van der Waals surface area contributed by atoms with Crippen LogP contribution in [0.15, 0.2) is 38.0 Å².